The monoisotopic (exact) mass is 285 g/mol. The fourth-order valence-corrected chi connectivity index (χ4v) is 1.45. The molecule has 0 aliphatic heterocycles. The van der Waals surface area contributed by atoms with Crippen LogP contribution in [0.2, 0.25) is 0 Å². The summed E-state index contributed by atoms with van der Waals surface area (Å²) in [5.41, 5.74) is 1.03. The lowest BCUT2D eigenvalue weighted by molar-refractivity contribution is -0.120. The summed E-state index contributed by atoms with van der Waals surface area (Å²) < 4.78 is 5.14. The lowest BCUT2D eigenvalue weighted by atomic mass is 10.1. The molecule has 4 heteroatoms. The van der Waals surface area contributed by atoms with Gasteiger partial charge in [-0.25, -0.2) is 0 Å². The maximum absolute atomic E-state index is 11.5. The summed E-state index contributed by atoms with van der Waals surface area (Å²) in [7, 11) is 1.63. The first-order valence-corrected chi connectivity index (χ1v) is 6.04. The van der Waals surface area contributed by atoms with Crippen LogP contribution in [-0.4, -0.2) is 17.8 Å². The van der Waals surface area contributed by atoms with E-state index in [0.29, 0.717) is 0 Å². The Morgan fingerprint density at radius 2 is 2.12 bits per heavy atom. The zero-order valence-corrected chi connectivity index (χ0v) is 11.2. The maximum atomic E-state index is 11.5. The first-order chi connectivity index (χ1) is 7.54. The summed E-state index contributed by atoms with van der Waals surface area (Å²) in [5.74, 6) is 0.779. The number of halogens is 1. The van der Waals surface area contributed by atoms with Crippen molar-refractivity contribution in [2.45, 2.75) is 24.7 Å². The Hall–Kier alpha value is -1.03. The number of ether oxygens (including phenoxy) is 1. The summed E-state index contributed by atoms with van der Waals surface area (Å²) >= 11 is 3.23. The Kier molecular flexibility index (Phi) is 4.80. The third-order valence-corrected chi connectivity index (χ3v) is 2.73. The second-order valence-corrected chi connectivity index (χ2v) is 5.00. The van der Waals surface area contributed by atoms with Crippen molar-refractivity contribution in [1.29, 1.82) is 0 Å². The van der Waals surface area contributed by atoms with Crippen LogP contribution in [0.5, 0.6) is 5.75 Å². The van der Waals surface area contributed by atoms with Crippen LogP contribution in [0.4, 0.5) is 0 Å². The van der Waals surface area contributed by atoms with Crippen molar-refractivity contribution in [3.8, 4) is 5.75 Å². The van der Waals surface area contributed by atoms with Gasteiger partial charge in [-0.1, -0.05) is 28.1 Å². The molecule has 0 spiro atoms. The molecule has 1 amide bonds. The number of amides is 1. The molecule has 3 nitrogen and oxygen atoms in total. The first kappa shape index (κ1) is 13.0. The molecule has 1 aromatic rings. The fourth-order valence-electron chi connectivity index (χ4n) is 1.32. The average molecular weight is 286 g/mol. The van der Waals surface area contributed by atoms with Gasteiger partial charge in [0, 0.05) is 0 Å². The minimum atomic E-state index is -0.180. The average Bonchev–Trinajstić information content (AvgIpc) is 2.28. The number of carbonyl (C=O) groups is 1. The quantitative estimate of drug-likeness (QED) is 0.864. The summed E-state index contributed by atoms with van der Waals surface area (Å²) in [6, 6.07) is 7.65. The molecule has 0 aliphatic rings. The highest BCUT2D eigenvalue weighted by Crippen LogP contribution is 2.19. The maximum Gasteiger partial charge on any atom is 0.233 e. The SMILES string of the molecule is COc1cccc([C@@H](C)NC(=O)C(C)Br)c1. The second-order valence-electron chi connectivity index (χ2n) is 3.62. The van der Waals surface area contributed by atoms with E-state index in [1.165, 1.54) is 0 Å². The van der Waals surface area contributed by atoms with Gasteiger partial charge in [0.2, 0.25) is 5.91 Å². The largest absolute Gasteiger partial charge is 0.497 e. The number of benzene rings is 1. The van der Waals surface area contributed by atoms with Gasteiger partial charge in [0.25, 0.3) is 0 Å². The van der Waals surface area contributed by atoms with Crippen LogP contribution in [0, 0.1) is 0 Å². The predicted molar refractivity (Wildman–Crippen MR) is 67.9 cm³/mol. The molecule has 16 heavy (non-hydrogen) atoms. The normalized spacial score (nSPS) is 14.0. The number of nitrogens with one attached hydrogen (secondary N) is 1. The predicted octanol–water partition coefficient (Wildman–Crippen LogP) is 2.66. The van der Waals surface area contributed by atoms with Crippen molar-refractivity contribution < 1.29 is 9.53 Å². The standard InChI is InChI=1S/C12H16BrNO2/c1-8(13)12(15)14-9(2)10-5-4-6-11(7-10)16-3/h4-9H,1-3H3,(H,14,15)/t8?,9-/m1/s1. The molecule has 0 bridgehead atoms. The van der Waals surface area contributed by atoms with Gasteiger partial charge in [0.15, 0.2) is 0 Å². The van der Waals surface area contributed by atoms with Gasteiger partial charge in [-0.15, -0.1) is 0 Å². The summed E-state index contributed by atoms with van der Waals surface area (Å²) in [6.45, 7) is 3.75. The number of carbonyl (C=O) groups excluding carboxylic acids is 1. The van der Waals surface area contributed by atoms with Crippen LogP contribution in [0.25, 0.3) is 0 Å². The van der Waals surface area contributed by atoms with Crippen LogP contribution in [-0.2, 0) is 4.79 Å². The molecule has 0 aromatic heterocycles. The van der Waals surface area contributed by atoms with Crippen LogP contribution in [0.3, 0.4) is 0 Å². The van der Waals surface area contributed by atoms with Gasteiger partial charge in [-0.2, -0.15) is 0 Å². The van der Waals surface area contributed by atoms with Crippen molar-refractivity contribution in [3.05, 3.63) is 29.8 Å². The van der Waals surface area contributed by atoms with E-state index in [-0.39, 0.29) is 16.8 Å². The minimum absolute atomic E-state index is 0.0182. The van der Waals surface area contributed by atoms with E-state index < -0.39 is 0 Å². The molecule has 0 radical (unpaired) electrons. The van der Waals surface area contributed by atoms with Crippen LogP contribution < -0.4 is 10.1 Å². The molecule has 1 aromatic carbocycles. The highest BCUT2D eigenvalue weighted by molar-refractivity contribution is 9.10. The molecule has 0 saturated heterocycles. The lowest BCUT2D eigenvalue weighted by Crippen LogP contribution is -2.31. The van der Waals surface area contributed by atoms with E-state index >= 15 is 0 Å². The molecule has 0 fully saturated rings. The number of alkyl halides is 1. The van der Waals surface area contributed by atoms with Gasteiger partial charge >= 0.3 is 0 Å². The molecule has 0 heterocycles. The molecule has 1 unspecified atom stereocenters. The second kappa shape index (κ2) is 5.89. The Morgan fingerprint density at radius 3 is 2.69 bits per heavy atom. The number of rotatable bonds is 4. The van der Waals surface area contributed by atoms with E-state index in [1.54, 1.807) is 14.0 Å². The molecule has 0 aliphatic carbocycles. The van der Waals surface area contributed by atoms with Gasteiger partial charge in [-0.3, -0.25) is 4.79 Å². The zero-order chi connectivity index (χ0) is 12.1. The molecule has 1 N–H and O–H groups in total. The van der Waals surface area contributed by atoms with Crippen molar-refractivity contribution >= 4 is 21.8 Å². The minimum Gasteiger partial charge on any atom is -0.497 e. The summed E-state index contributed by atoms with van der Waals surface area (Å²) in [4.78, 5) is 11.3. The van der Waals surface area contributed by atoms with Crippen LogP contribution >= 0.6 is 15.9 Å². The summed E-state index contributed by atoms with van der Waals surface area (Å²) in [5, 5.41) is 2.91. The Labute approximate surface area is 104 Å². The third-order valence-electron chi connectivity index (χ3n) is 2.31. The lowest BCUT2D eigenvalue weighted by Gasteiger charge is -2.16. The van der Waals surface area contributed by atoms with Crippen LogP contribution in [0.15, 0.2) is 24.3 Å². The Morgan fingerprint density at radius 1 is 1.44 bits per heavy atom. The van der Waals surface area contributed by atoms with Crippen molar-refractivity contribution in [2.24, 2.45) is 0 Å². The Balaban J connectivity index is 2.72. The smallest absolute Gasteiger partial charge is 0.233 e. The first-order valence-electron chi connectivity index (χ1n) is 5.13. The molecule has 88 valence electrons. The van der Waals surface area contributed by atoms with Gasteiger partial charge in [0.1, 0.15) is 5.75 Å². The fraction of sp³-hybridized carbons (Fsp3) is 0.417. The molecule has 0 saturated carbocycles. The van der Waals surface area contributed by atoms with Crippen molar-refractivity contribution in [1.82, 2.24) is 5.32 Å². The van der Waals surface area contributed by atoms with Crippen molar-refractivity contribution in [2.75, 3.05) is 7.11 Å². The molecule has 1 rings (SSSR count). The van der Waals surface area contributed by atoms with Gasteiger partial charge in [-0.05, 0) is 31.5 Å². The zero-order valence-electron chi connectivity index (χ0n) is 9.66. The number of hydrogen-bond acceptors (Lipinski definition) is 2. The third kappa shape index (κ3) is 3.52. The van der Waals surface area contributed by atoms with E-state index in [4.69, 9.17) is 4.74 Å². The number of methoxy groups -OCH3 is 1. The molecular weight excluding hydrogens is 270 g/mol. The molecular formula is C12H16BrNO2. The van der Waals surface area contributed by atoms with Crippen LogP contribution in [0.1, 0.15) is 25.5 Å². The van der Waals surface area contributed by atoms with Gasteiger partial charge < -0.3 is 10.1 Å². The summed E-state index contributed by atoms with van der Waals surface area (Å²) in [6.07, 6.45) is 0. The van der Waals surface area contributed by atoms with Crippen molar-refractivity contribution in [3.63, 3.8) is 0 Å². The van der Waals surface area contributed by atoms with Gasteiger partial charge in [0.05, 0.1) is 18.0 Å². The Bertz CT molecular complexity index is 366. The highest BCUT2D eigenvalue weighted by Gasteiger charge is 2.13. The highest BCUT2D eigenvalue weighted by atomic mass is 79.9. The topological polar surface area (TPSA) is 38.3 Å². The van der Waals surface area contributed by atoms with E-state index in [1.807, 2.05) is 31.2 Å². The molecule has 2 atom stereocenters. The van der Waals surface area contributed by atoms with E-state index in [0.717, 1.165) is 11.3 Å². The van der Waals surface area contributed by atoms with E-state index in [9.17, 15) is 4.79 Å². The number of hydrogen-bond donors (Lipinski definition) is 1. The van der Waals surface area contributed by atoms with E-state index in [2.05, 4.69) is 21.2 Å².